The number of H-pyrrole nitrogens is 1. The van der Waals surface area contributed by atoms with Gasteiger partial charge in [-0.3, -0.25) is 4.79 Å². The highest BCUT2D eigenvalue weighted by molar-refractivity contribution is 5.98. The molecule has 5 rings (SSSR count). The highest BCUT2D eigenvalue weighted by atomic mass is 16.2. The first-order chi connectivity index (χ1) is 12.8. The predicted octanol–water partition coefficient (Wildman–Crippen LogP) is 2.82. The van der Waals surface area contributed by atoms with Gasteiger partial charge >= 0.3 is 0 Å². The smallest absolute Gasteiger partial charge is 0.268 e. The Bertz CT molecular complexity index is 1060. The minimum Gasteiger partial charge on any atom is -0.353 e. The van der Waals surface area contributed by atoms with Crippen molar-refractivity contribution in [2.45, 2.75) is 12.5 Å². The highest BCUT2D eigenvalue weighted by Crippen LogP contribution is 2.23. The molecule has 0 radical (unpaired) electrons. The number of nitrogens with zero attached hydrogens (tertiary/aromatic N) is 3. The number of hydrogen-bond acceptors (Lipinski definition) is 3. The van der Waals surface area contributed by atoms with E-state index in [0.717, 1.165) is 41.7 Å². The van der Waals surface area contributed by atoms with Crippen LogP contribution in [0, 0.1) is 0 Å². The first-order valence-corrected chi connectivity index (χ1v) is 8.83. The maximum atomic E-state index is 12.6. The summed E-state index contributed by atoms with van der Waals surface area (Å²) in [6.07, 6.45) is 6.70. The zero-order chi connectivity index (χ0) is 17.5. The average molecular weight is 345 g/mol. The molecule has 1 amide bonds. The zero-order valence-corrected chi connectivity index (χ0v) is 14.2. The van der Waals surface area contributed by atoms with E-state index in [2.05, 4.69) is 30.7 Å². The maximum absolute atomic E-state index is 12.6. The Morgan fingerprint density at radius 1 is 1.19 bits per heavy atom. The van der Waals surface area contributed by atoms with Crippen molar-refractivity contribution in [3.05, 3.63) is 66.7 Å². The molecule has 6 heteroatoms. The van der Waals surface area contributed by atoms with Crippen LogP contribution >= 0.6 is 0 Å². The second-order valence-corrected chi connectivity index (χ2v) is 6.73. The number of nitrogens with one attached hydrogen (secondary N) is 2. The molecule has 1 aliphatic rings. The quantitative estimate of drug-likeness (QED) is 0.600. The highest BCUT2D eigenvalue weighted by Gasteiger charge is 2.26. The molecule has 0 aliphatic carbocycles. The van der Waals surface area contributed by atoms with E-state index in [1.54, 1.807) is 0 Å². The minimum absolute atomic E-state index is 0.0538. The van der Waals surface area contributed by atoms with Crippen LogP contribution in [0.2, 0.25) is 0 Å². The molecule has 130 valence electrons. The molecule has 2 N–H and O–H groups in total. The van der Waals surface area contributed by atoms with Crippen LogP contribution in [0.5, 0.6) is 0 Å². The summed E-state index contributed by atoms with van der Waals surface area (Å²) in [6.45, 7) is 1.65. The van der Waals surface area contributed by atoms with Crippen molar-refractivity contribution in [3.8, 4) is 0 Å². The topological polar surface area (TPSA) is 65.4 Å². The zero-order valence-electron chi connectivity index (χ0n) is 14.2. The maximum Gasteiger partial charge on any atom is 0.268 e. The number of aromatic amines is 1. The second kappa shape index (κ2) is 5.91. The fourth-order valence-electron chi connectivity index (χ4n) is 3.73. The molecular weight excluding hydrogens is 326 g/mol. The molecule has 1 saturated heterocycles. The van der Waals surface area contributed by atoms with Crippen LogP contribution in [0.4, 0.5) is 5.82 Å². The van der Waals surface area contributed by atoms with Crippen molar-refractivity contribution in [2.24, 2.45) is 0 Å². The Morgan fingerprint density at radius 2 is 2.12 bits per heavy atom. The van der Waals surface area contributed by atoms with Crippen LogP contribution in [-0.2, 0) is 0 Å². The van der Waals surface area contributed by atoms with Crippen LogP contribution in [0.1, 0.15) is 16.9 Å². The lowest BCUT2D eigenvalue weighted by Gasteiger charge is -2.19. The number of carbonyl (C=O) groups is 1. The van der Waals surface area contributed by atoms with E-state index in [4.69, 9.17) is 0 Å². The van der Waals surface area contributed by atoms with Crippen LogP contribution in [0.15, 0.2) is 61.1 Å². The molecule has 1 aromatic carbocycles. The van der Waals surface area contributed by atoms with Crippen molar-refractivity contribution in [1.29, 1.82) is 0 Å². The Morgan fingerprint density at radius 3 is 3.04 bits per heavy atom. The molecule has 1 unspecified atom stereocenters. The van der Waals surface area contributed by atoms with E-state index in [0.29, 0.717) is 5.69 Å². The number of benzene rings is 1. The number of fused-ring (bicyclic) bond motifs is 2. The average Bonchev–Trinajstić information content (AvgIpc) is 3.39. The summed E-state index contributed by atoms with van der Waals surface area (Å²) in [5.41, 5.74) is 2.68. The molecule has 6 nitrogen and oxygen atoms in total. The van der Waals surface area contributed by atoms with Gasteiger partial charge in [-0.2, -0.15) is 0 Å². The summed E-state index contributed by atoms with van der Waals surface area (Å²) < 4.78 is 2.07. The van der Waals surface area contributed by atoms with E-state index in [1.165, 1.54) is 0 Å². The fraction of sp³-hybridized carbons (Fsp3) is 0.200. The monoisotopic (exact) mass is 345 g/mol. The third-order valence-electron chi connectivity index (χ3n) is 5.03. The molecule has 3 aromatic heterocycles. The lowest BCUT2D eigenvalue weighted by atomic mass is 10.2. The van der Waals surface area contributed by atoms with Crippen molar-refractivity contribution in [1.82, 2.24) is 19.7 Å². The number of amides is 1. The third-order valence-corrected chi connectivity index (χ3v) is 5.03. The van der Waals surface area contributed by atoms with Crippen molar-refractivity contribution in [2.75, 3.05) is 18.0 Å². The number of anilines is 1. The largest absolute Gasteiger partial charge is 0.353 e. The van der Waals surface area contributed by atoms with E-state index >= 15 is 0 Å². The van der Waals surface area contributed by atoms with Gasteiger partial charge < -0.3 is 19.6 Å². The molecule has 0 saturated carbocycles. The van der Waals surface area contributed by atoms with Gasteiger partial charge in [0.1, 0.15) is 5.69 Å². The van der Waals surface area contributed by atoms with Gasteiger partial charge in [0.05, 0.1) is 5.52 Å². The molecule has 4 aromatic rings. The number of aromatic nitrogens is 3. The lowest BCUT2D eigenvalue weighted by Crippen LogP contribution is -2.37. The Hall–Kier alpha value is -3.28. The van der Waals surface area contributed by atoms with E-state index in [9.17, 15) is 4.79 Å². The van der Waals surface area contributed by atoms with Crippen LogP contribution in [-0.4, -0.2) is 39.4 Å². The van der Waals surface area contributed by atoms with Crippen molar-refractivity contribution >= 4 is 28.1 Å². The molecule has 26 heavy (non-hydrogen) atoms. The van der Waals surface area contributed by atoms with Gasteiger partial charge in [-0.05, 0) is 30.7 Å². The van der Waals surface area contributed by atoms with Gasteiger partial charge in [0.2, 0.25) is 0 Å². The first-order valence-electron chi connectivity index (χ1n) is 8.83. The molecule has 0 spiro atoms. The van der Waals surface area contributed by atoms with Gasteiger partial charge in [-0.1, -0.05) is 18.2 Å². The fourth-order valence-corrected chi connectivity index (χ4v) is 3.73. The van der Waals surface area contributed by atoms with Gasteiger partial charge in [-0.25, -0.2) is 4.98 Å². The summed E-state index contributed by atoms with van der Waals surface area (Å²) in [5.74, 6) is 0.918. The number of carbonyl (C=O) groups excluding carboxylic acids is 1. The van der Waals surface area contributed by atoms with Gasteiger partial charge in [0.25, 0.3) is 5.91 Å². The van der Waals surface area contributed by atoms with Crippen LogP contribution < -0.4 is 10.2 Å². The first kappa shape index (κ1) is 15.0. The number of para-hydroxylation sites is 1. The summed E-state index contributed by atoms with van der Waals surface area (Å²) >= 11 is 0. The summed E-state index contributed by atoms with van der Waals surface area (Å²) in [6, 6.07) is 14.0. The van der Waals surface area contributed by atoms with Crippen LogP contribution in [0.3, 0.4) is 0 Å². The molecule has 1 fully saturated rings. The minimum atomic E-state index is -0.0538. The third kappa shape index (κ3) is 2.50. The Labute approximate surface area is 150 Å². The number of hydrogen-bond donors (Lipinski definition) is 2. The molecule has 0 bridgehead atoms. The predicted molar refractivity (Wildman–Crippen MR) is 102 cm³/mol. The molecule has 4 heterocycles. The Kier molecular flexibility index (Phi) is 3.41. The van der Waals surface area contributed by atoms with Gasteiger partial charge in [0.15, 0.2) is 5.82 Å². The van der Waals surface area contributed by atoms with Crippen molar-refractivity contribution < 1.29 is 4.79 Å². The van der Waals surface area contributed by atoms with Crippen molar-refractivity contribution in [3.63, 3.8) is 0 Å². The Balaban J connectivity index is 1.31. The molecule has 1 aliphatic heterocycles. The van der Waals surface area contributed by atoms with E-state index < -0.39 is 0 Å². The van der Waals surface area contributed by atoms with Gasteiger partial charge in [-0.15, -0.1) is 0 Å². The van der Waals surface area contributed by atoms with E-state index in [-0.39, 0.29) is 11.9 Å². The summed E-state index contributed by atoms with van der Waals surface area (Å²) in [7, 11) is 0. The standard InChI is InChI=1S/C20H19N5O/c26-20(17-12-14-4-1-2-5-16(14)23-17)22-15-7-10-25(13-15)19-18-6-3-9-24(18)11-8-21-19/h1-6,8-9,11-12,15,23H,7,10,13H2,(H,22,26). The summed E-state index contributed by atoms with van der Waals surface area (Å²) in [5, 5.41) is 4.20. The molecule has 1 atom stereocenters. The second-order valence-electron chi connectivity index (χ2n) is 6.73. The van der Waals surface area contributed by atoms with E-state index in [1.807, 2.05) is 55.0 Å². The molecular formula is C20H19N5O. The van der Waals surface area contributed by atoms with Gasteiger partial charge in [0, 0.05) is 48.6 Å². The van der Waals surface area contributed by atoms with Crippen LogP contribution in [0.25, 0.3) is 16.4 Å². The number of rotatable bonds is 3. The summed E-state index contributed by atoms with van der Waals surface area (Å²) in [4.78, 5) is 22.6. The SMILES string of the molecule is O=C(NC1CCN(c2nccn3cccc23)C1)c1cc2ccccc2[nH]1. The lowest BCUT2D eigenvalue weighted by molar-refractivity contribution is 0.0936. The normalized spacial score (nSPS) is 17.2.